The van der Waals surface area contributed by atoms with Crippen molar-refractivity contribution in [3.63, 3.8) is 0 Å². The second-order valence-electron chi connectivity index (χ2n) is 5.13. The monoisotopic (exact) mass is 324 g/mol. The van der Waals surface area contributed by atoms with Crippen LogP contribution in [-0.4, -0.2) is 11.2 Å². The summed E-state index contributed by atoms with van der Waals surface area (Å²) < 4.78 is 5.53. The summed E-state index contributed by atoms with van der Waals surface area (Å²) >= 11 is 4.41. The highest BCUT2D eigenvalue weighted by Gasteiger charge is 2.21. The maximum absolute atomic E-state index is 12.3. The number of benzene rings is 2. The Hall–Kier alpha value is -2.26. The predicted molar refractivity (Wildman–Crippen MR) is 98.5 cm³/mol. The van der Waals surface area contributed by atoms with E-state index in [1.165, 1.54) is 0 Å². The van der Waals surface area contributed by atoms with Crippen molar-refractivity contribution in [1.82, 2.24) is 0 Å². The van der Waals surface area contributed by atoms with Crippen LogP contribution >= 0.6 is 12.6 Å². The minimum Gasteiger partial charge on any atom is -0.452 e. The fraction of sp³-hybridized carbons (Fsp3) is 0.150. The molecule has 0 aliphatic rings. The first-order valence-corrected chi connectivity index (χ1v) is 7.93. The topological polar surface area (TPSA) is 26.3 Å². The Labute approximate surface area is 142 Å². The summed E-state index contributed by atoms with van der Waals surface area (Å²) in [5.41, 5.74) is 2.92. The molecule has 0 aliphatic carbocycles. The van der Waals surface area contributed by atoms with Crippen LogP contribution in [0.25, 0.3) is 6.08 Å². The Morgan fingerprint density at radius 2 is 1.74 bits per heavy atom. The maximum Gasteiger partial charge on any atom is 0.320 e. The lowest BCUT2D eigenvalue weighted by molar-refractivity contribution is -0.146. The van der Waals surface area contributed by atoms with Gasteiger partial charge in [-0.1, -0.05) is 73.8 Å². The van der Waals surface area contributed by atoms with Crippen LogP contribution in [0.3, 0.4) is 0 Å². The van der Waals surface area contributed by atoms with E-state index in [2.05, 4.69) is 25.8 Å². The van der Waals surface area contributed by atoms with E-state index >= 15 is 0 Å². The van der Waals surface area contributed by atoms with Crippen LogP contribution < -0.4 is 0 Å². The van der Waals surface area contributed by atoms with Gasteiger partial charge in [-0.3, -0.25) is 4.79 Å². The Kier molecular flexibility index (Phi) is 6.24. The third-order valence-electron chi connectivity index (χ3n) is 3.55. The molecule has 0 bridgehead atoms. The second kappa shape index (κ2) is 8.39. The van der Waals surface area contributed by atoms with Gasteiger partial charge in [0.05, 0.1) is 0 Å². The number of ether oxygens (including phenoxy) is 1. The molecule has 2 aromatic rings. The van der Waals surface area contributed by atoms with Crippen LogP contribution in [0.15, 0.2) is 73.8 Å². The van der Waals surface area contributed by atoms with E-state index in [1.807, 2.05) is 54.6 Å². The average molecular weight is 324 g/mol. The first kappa shape index (κ1) is 17.1. The number of carbonyl (C=O) groups is 1. The highest BCUT2D eigenvalue weighted by Crippen LogP contribution is 2.21. The van der Waals surface area contributed by atoms with Gasteiger partial charge in [0, 0.05) is 0 Å². The molecular weight excluding hydrogens is 304 g/mol. The van der Waals surface area contributed by atoms with E-state index in [-0.39, 0.29) is 5.97 Å². The first-order chi connectivity index (χ1) is 11.2. The van der Waals surface area contributed by atoms with Crippen molar-refractivity contribution in [2.45, 2.75) is 17.8 Å². The highest BCUT2D eigenvalue weighted by atomic mass is 32.1. The molecular formula is C20H20O2S. The minimum atomic E-state index is -0.540. The van der Waals surface area contributed by atoms with E-state index in [0.29, 0.717) is 6.42 Å². The number of hydrogen-bond donors (Lipinski definition) is 1. The largest absolute Gasteiger partial charge is 0.452 e. The van der Waals surface area contributed by atoms with Gasteiger partial charge >= 0.3 is 5.97 Å². The van der Waals surface area contributed by atoms with E-state index in [0.717, 1.165) is 16.7 Å². The summed E-state index contributed by atoms with van der Waals surface area (Å²) in [5.74, 6) is -0.360. The van der Waals surface area contributed by atoms with Gasteiger partial charge in [0.1, 0.15) is 11.4 Å². The molecule has 0 saturated heterocycles. The molecule has 2 unspecified atom stereocenters. The predicted octanol–water partition coefficient (Wildman–Crippen LogP) is 4.64. The lowest BCUT2D eigenvalue weighted by Gasteiger charge is -2.18. The van der Waals surface area contributed by atoms with Crippen molar-refractivity contribution in [2.24, 2.45) is 0 Å². The Morgan fingerprint density at radius 1 is 1.09 bits per heavy atom. The summed E-state index contributed by atoms with van der Waals surface area (Å²) in [5, 5.41) is -0.540. The second-order valence-corrected chi connectivity index (χ2v) is 5.75. The summed E-state index contributed by atoms with van der Waals surface area (Å²) in [6.07, 6.45) is 3.42. The number of thiol groups is 1. The smallest absolute Gasteiger partial charge is 0.320 e. The van der Waals surface area contributed by atoms with Crippen molar-refractivity contribution >= 4 is 24.7 Å². The highest BCUT2D eigenvalue weighted by molar-refractivity contribution is 7.81. The van der Waals surface area contributed by atoms with Gasteiger partial charge in [-0.15, -0.1) is 0 Å². The van der Waals surface area contributed by atoms with Crippen molar-refractivity contribution in [2.75, 3.05) is 0 Å². The van der Waals surface area contributed by atoms with Gasteiger partial charge in [0.2, 0.25) is 0 Å². The molecule has 2 atom stereocenters. The molecule has 2 aromatic carbocycles. The van der Waals surface area contributed by atoms with Crippen molar-refractivity contribution in [3.8, 4) is 0 Å². The third-order valence-corrected chi connectivity index (χ3v) is 3.94. The zero-order chi connectivity index (χ0) is 16.7. The zero-order valence-corrected chi connectivity index (χ0v) is 13.8. The van der Waals surface area contributed by atoms with E-state index in [9.17, 15) is 4.79 Å². The summed E-state index contributed by atoms with van der Waals surface area (Å²) in [4.78, 5) is 12.3. The number of esters is 1. The van der Waals surface area contributed by atoms with E-state index in [1.54, 1.807) is 12.2 Å². The van der Waals surface area contributed by atoms with E-state index in [4.69, 9.17) is 4.74 Å². The molecule has 0 N–H and O–H groups in total. The van der Waals surface area contributed by atoms with Crippen molar-refractivity contribution in [1.29, 1.82) is 0 Å². The molecule has 23 heavy (non-hydrogen) atoms. The van der Waals surface area contributed by atoms with Gasteiger partial charge in [-0.25, -0.2) is 0 Å². The van der Waals surface area contributed by atoms with Crippen molar-refractivity contribution < 1.29 is 9.53 Å². The quantitative estimate of drug-likeness (QED) is 0.456. The van der Waals surface area contributed by atoms with Crippen LogP contribution in [0, 0.1) is 0 Å². The lowest BCUT2D eigenvalue weighted by Crippen LogP contribution is -2.22. The fourth-order valence-electron chi connectivity index (χ4n) is 2.31. The SMILES string of the molecule is C=Cc1ccccc1CC(S)C(=O)OC(C=C)c1ccccc1. The maximum atomic E-state index is 12.3. The van der Waals surface area contributed by atoms with Crippen LogP contribution in [0.2, 0.25) is 0 Å². The van der Waals surface area contributed by atoms with Gasteiger partial charge in [0.25, 0.3) is 0 Å². The Morgan fingerprint density at radius 3 is 2.39 bits per heavy atom. The molecule has 0 amide bonds. The molecule has 0 fully saturated rings. The lowest BCUT2D eigenvalue weighted by atomic mass is 10.0. The zero-order valence-electron chi connectivity index (χ0n) is 12.9. The number of hydrogen-bond acceptors (Lipinski definition) is 3. The molecule has 118 valence electrons. The van der Waals surface area contributed by atoms with Gasteiger partial charge in [-0.05, 0) is 29.2 Å². The minimum absolute atomic E-state index is 0.360. The van der Waals surface area contributed by atoms with E-state index < -0.39 is 11.4 Å². The summed E-state index contributed by atoms with van der Waals surface area (Å²) in [6, 6.07) is 17.3. The molecule has 0 radical (unpaired) electrons. The van der Waals surface area contributed by atoms with Gasteiger partial charge in [-0.2, -0.15) is 12.6 Å². The fourth-order valence-corrected chi connectivity index (χ4v) is 2.57. The average Bonchev–Trinajstić information content (AvgIpc) is 2.60. The van der Waals surface area contributed by atoms with Crippen LogP contribution in [0.4, 0.5) is 0 Å². The third kappa shape index (κ3) is 4.60. The Bertz CT molecular complexity index is 679. The number of carbonyl (C=O) groups excluding carboxylic acids is 1. The van der Waals surface area contributed by atoms with Gasteiger partial charge < -0.3 is 4.74 Å². The Balaban J connectivity index is 2.04. The van der Waals surface area contributed by atoms with Crippen LogP contribution in [0.1, 0.15) is 22.8 Å². The van der Waals surface area contributed by atoms with Crippen LogP contribution in [0.5, 0.6) is 0 Å². The molecule has 3 heteroatoms. The van der Waals surface area contributed by atoms with Crippen LogP contribution in [-0.2, 0) is 16.0 Å². The molecule has 0 spiro atoms. The molecule has 0 aromatic heterocycles. The molecule has 0 heterocycles. The molecule has 0 saturated carbocycles. The first-order valence-electron chi connectivity index (χ1n) is 7.42. The summed E-state index contributed by atoms with van der Waals surface area (Å²) in [6.45, 7) is 7.54. The molecule has 0 aliphatic heterocycles. The number of rotatable bonds is 7. The molecule has 2 rings (SSSR count). The normalized spacial score (nSPS) is 12.9. The van der Waals surface area contributed by atoms with Crippen molar-refractivity contribution in [3.05, 3.63) is 90.5 Å². The standard InChI is InChI=1S/C20H20O2S/c1-3-15-10-8-9-13-17(15)14-19(23)20(21)22-18(4-2)16-11-6-5-7-12-16/h3-13,18-19,23H,1-2,14H2. The summed E-state index contributed by atoms with van der Waals surface area (Å²) in [7, 11) is 0. The molecule has 2 nitrogen and oxygen atoms in total. The van der Waals surface area contributed by atoms with Gasteiger partial charge in [0.15, 0.2) is 0 Å².